The van der Waals surface area contributed by atoms with E-state index in [1.165, 1.54) is 5.56 Å². The standard InChI is InChI=1S/C19H23NO4/c1-3-23-18-10-15(11-20-12-19(21)22)8-9-17(18)24-13-16-7-5-4-6-14(16)2/h4-10,20H,3,11-13H2,1-2H3,(H,21,22). The van der Waals surface area contributed by atoms with Crippen LogP contribution in [-0.2, 0) is 17.9 Å². The molecule has 2 N–H and O–H groups in total. The quantitative estimate of drug-likeness (QED) is 0.740. The number of aryl methyl sites for hydroxylation is 1. The maximum Gasteiger partial charge on any atom is 0.317 e. The molecular formula is C19H23NO4. The van der Waals surface area contributed by atoms with Crippen LogP contribution in [-0.4, -0.2) is 24.2 Å². The van der Waals surface area contributed by atoms with E-state index >= 15 is 0 Å². The Morgan fingerprint density at radius 1 is 1.12 bits per heavy atom. The molecule has 0 bridgehead atoms. The maximum atomic E-state index is 10.6. The smallest absolute Gasteiger partial charge is 0.317 e. The summed E-state index contributed by atoms with van der Waals surface area (Å²) >= 11 is 0. The third-order valence-electron chi connectivity index (χ3n) is 3.56. The van der Waals surface area contributed by atoms with Gasteiger partial charge in [0.1, 0.15) is 6.61 Å². The molecule has 0 unspecified atom stereocenters. The van der Waals surface area contributed by atoms with Crippen LogP contribution in [0.25, 0.3) is 0 Å². The SMILES string of the molecule is CCOc1cc(CNCC(=O)O)ccc1OCc1ccccc1C. The van der Waals surface area contributed by atoms with Gasteiger partial charge in [0.05, 0.1) is 13.2 Å². The van der Waals surface area contributed by atoms with Crippen LogP contribution in [0.4, 0.5) is 0 Å². The monoisotopic (exact) mass is 329 g/mol. The summed E-state index contributed by atoms with van der Waals surface area (Å²) in [5.74, 6) is 0.473. The summed E-state index contributed by atoms with van der Waals surface area (Å²) in [4.78, 5) is 10.6. The van der Waals surface area contributed by atoms with E-state index < -0.39 is 5.97 Å². The first-order valence-corrected chi connectivity index (χ1v) is 7.95. The average Bonchev–Trinajstić information content (AvgIpc) is 2.55. The molecule has 0 saturated heterocycles. The average molecular weight is 329 g/mol. The molecular weight excluding hydrogens is 306 g/mol. The highest BCUT2D eigenvalue weighted by Crippen LogP contribution is 2.29. The van der Waals surface area contributed by atoms with E-state index in [0.717, 1.165) is 11.1 Å². The lowest BCUT2D eigenvalue weighted by atomic mass is 10.1. The van der Waals surface area contributed by atoms with Crippen LogP contribution in [0.5, 0.6) is 11.5 Å². The van der Waals surface area contributed by atoms with Crippen LogP contribution >= 0.6 is 0 Å². The lowest BCUT2D eigenvalue weighted by molar-refractivity contribution is -0.135. The number of hydrogen-bond donors (Lipinski definition) is 2. The maximum absolute atomic E-state index is 10.6. The topological polar surface area (TPSA) is 67.8 Å². The molecule has 2 aromatic carbocycles. The van der Waals surface area contributed by atoms with Gasteiger partial charge in [-0.05, 0) is 42.7 Å². The fourth-order valence-corrected chi connectivity index (χ4v) is 2.29. The molecule has 0 heterocycles. The first-order chi connectivity index (χ1) is 11.6. The van der Waals surface area contributed by atoms with Crippen molar-refractivity contribution in [3.8, 4) is 11.5 Å². The molecule has 2 rings (SSSR count). The van der Waals surface area contributed by atoms with Crippen LogP contribution in [0.3, 0.4) is 0 Å². The van der Waals surface area contributed by atoms with Gasteiger partial charge in [-0.1, -0.05) is 30.3 Å². The predicted octanol–water partition coefficient (Wildman–Crippen LogP) is 3.15. The number of ether oxygens (including phenoxy) is 2. The number of carboxylic acid groups (broad SMARTS) is 1. The summed E-state index contributed by atoms with van der Waals surface area (Å²) in [5.41, 5.74) is 3.26. The van der Waals surface area contributed by atoms with E-state index in [9.17, 15) is 4.79 Å². The highest BCUT2D eigenvalue weighted by molar-refractivity contribution is 5.69. The molecule has 24 heavy (non-hydrogen) atoms. The molecule has 0 saturated carbocycles. The van der Waals surface area contributed by atoms with E-state index in [4.69, 9.17) is 14.6 Å². The molecule has 0 atom stereocenters. The molecule has 0 spiro atoms. The van der Waals surface area contributed by atoms with Crippen LogP contribution in [0, 0.1) is 6.92 Å². The molecule has 0 radical (unpaired) electrons. The van der Waals surface area contributed by atoms with Crippen molar-refractivity contribution in [1.82, 2.24) is 5.32 Å². The number of carboxylic acids is 1. The number of carbonyl (C=O) groups is 1. The molecule has 2 aromatic rings. The summed E-state index contributed by atoms with van der Waals surface area (Å²) in [6, 6.07) is 13.7. The molecule has 0 aromatic heterocycles. The number of nitrogens with one attached hydrogen (secondary N) is 1. The van der Waals surface area contributed by atoms with Gasteiger partial charge in [0.15, 0.2) is 11.5 Å². The molecule has 0 aliphatic rings. The molecule has 0 aliphatic carbocycles. The van der Waals surface area contributed by atoms with E-state index in [1.54, 1.807) is 0 Å². The van der Waals surface area contributed by atoms with Crippen molar-refractivity contribution in [3.05, 3.63) is 59.2 Å². The molecule has 0 amide bonds. The molecule has 0 fully saturated rings. The van der Waals surface area contributed by atoms with Gasteiger partial charge in [0, 0.05) is 6.54 Å². The number of benzene rings is 2. The van der Waals surface area contributed by atoms with Crippen molar-refractivity contribution in [3.63, 3.8) is 0 Å². The minimum absolute atomic E-state index is 0.0739. The fraction of sp³-hybridized carbons (Fsp3) is 0.316. The minimum atomic E-state index is -0.877. The van der Waals surface area contributed by atoms with Gasteiger partial charge < -0.3 is 19.9 Å². The summed E-state index contributed by atoms with van der Waals surface area (Å²) in [7, 11) is 0. The largest absolute Gasteiger partial charge is 0.490 e. The number of hydrogen-bond acceptors (Lipinski definition) is 4. The first kappa shape index (κ1) is 17.8. The van der Waals surface area contributed by atoms with Gasteiger partial charge >= 0.3 is 5.97 Å². The highest BCUT2D eigenvalue weighted by Gasteiger charge is 2.08. The van der Waals surface area contributed by atoms with Crippen LogP contribution in [0.1, 0.15) is 23.6 Å². The van der Waals surface area contributed by atoms with E-state index in [-0.39, 0.29) is 6.54 Å². The summed E-state index contributed by atoms with van der Waals surface area (Å²) in [5, 5.41) is 11.5. The van der Waals surface area contributed by atoms with Crippen molar-refractivity contribution in [2.75, 3.05) is 13.2 Å². The summed E-state index contributed by atoms with van der Waals surface area (Å²) in [6.07, 6.45) is 0. The second-order valence-electron chi connectivity index (χ2n) is 5.43. The third kappa shape index (κ3) is 5.28. The lowest BCUT2D eigenvalue weighted by Gasteiger charge is -2.14. The van der Waals surface area contributed by atoms with Crippen LogP contribution < -0.4 is 14.8 Å². The Kier molecular flexibility index (Phi) is 6.63. The molecule has 128 valence electrons. The first-order valence-electron chi connectivity index (χ1n) is 7.95. The Bertz CT molecular complexity index is 685. The van der Waals surface area contributed by atoms with E-state index in [0.29, 0.717) is 31.3 Å². The molecule has 0 aliphatic heterocycles. The zero-order valence-corrected chi connectivity index (χ0v) is 14.0. The Morgan fingerprint density at radius 3 is 2.62 bits per heavy atom. The Labute approximate surface area is 142 Å². The number of aliphatic carboxylic acids is 1. The van der Waals surface area contributed by atoms with Crippen LogP contribution in [0.15, 0.2) is 42.5 Å². The minimum Gasteiger partial charge on any atom is -0.490 e. The molecule has 5 nitrogen and oxygen atoms in total. The second kappa shape index (κ2) is 8.93. The fourth-order valence-electron chi connectivity index (χ4n) is 2.29. The van der Waals surface area contributed by atoms with Gasteiger partial charge in [-0.2, -0.15) is 0 Å². The Hall–Kier alpha value is -2.53. The zero-order valence-electron chi connectivity index (χ0n) is 14.0. The van der Waals surface area contributed by atoms with Crippen LogP contribution in [0.2, 0.25) is 0 Å². The predicted molar refractivity (Wildman–Crippen MR) is 92.5 cm³/mol. The van der Waals surface area contributed by atoms with Crippen molar-refractivity contribution in [2.45, 2.75) is 27.0 Å². The summed E-state index contributed by atoms with van der Waals surface area (Å²) < 4.78 is 11.6. The van der Waals surface area contributed by atoms with Crippen molar-refractivity contribution in [1.29, 1.82) is 0 Å². The van der Waals surface area contributed by atoms with Crippen molar-refractivity contribution in [2.24, 2.45) is 0 Å². The summed E-state index contributed by atoms with van der Waals surface area (Å²) in [6.45, 7) is 5.37. The highest BCUT2D eigenvalue weighted by atomic mass is 16.5. The van der Waals surface area contributed by atoms with Gasteiger partial charge in [0.25, 0.3) is 0 Å². The lowest BCUT2D eigenvalue weighted by Crippen LogP contribution is -2.21. The van der Waals surface area contributed by atoms with Gasteiger partial charge in [0.2, 0.25) is 0 Å². The third-order valence-corrected chi connectivity index (χ3v) is 3.56. The van der Waals surface area contributed by atoms with Gasteiger partial charge in [-0.3, -0.25) is 4.79 Å². The second-order valence-corrected chi connectivity index (χ2v) is 5.43. The zero-order chi connectivity index (χ0) is 17.4. The van der Waals surface area contributed by atoms with E-state index in [2.05, 4.69) is 18.3 Å². The van der Waals surface area contributed by atoms with Crippen molar-refractivity contribution >= 4 is 5.97 Å². The Morgan fingerprint density at radius 2 is 1.92 bits per heavy atom. The molecule has 5 heteroatoms. The van der Waals surface area contributed by atoms with Gasteiger partial charge in [-0.25, -0.2) is 0 Å². The van der Waals surface area contributed by atoms with Gasteiger partial charge in [-0.15, -0.1) is 0 Å². The van der Waals surface area contributed by atoms with E-state index in [1.807, 2.05) is 43.3 Å². The normalized spacial score (nSPS) is 10.4. The van der Waals surface area contributed by atoms with Crippen molar-refractivity contribution < 1.29 is 19.4 Å². The Balaban J connectivity index is 2.05. The number of rotatable bonds is 9.